The van der Waals surface area contributed by atoms with Gasteiger partial charge in [0.2, 0.25) is 0 Å². The van der Waals surface area contributed by atoms with Gasteiger partial charge >= 0.3 is 0 Å². The molecule has 0 fully saturated rings. The molecule has 0 amide bonds. The third-order valence-electron chi connectivity index (χ3n) is 0.838. The lowest BCUT2D eigenvalue weighted by atomic mass is 10.2. The van der Waals surface area contributed by atoms with E-state index in [2.05, 4.69) is 6.08 Å². The van der Waals surface area contributed by atoms with E-state index in [-0.39, 0.29) is 0 Å². The Bertz CT molecular complexity index is 167. The van der Waals surface area contributed by atoms with Crippen LogP contribution in [-0.2, 0) is 0 Å². The van der Waals surface area contributed by atoms with E-state index < -0.39 is 0 Å². The van der Waals surface area contributed by atoms with Crippen LogP contribution in [0.25, 0.3) is 0 Å². The van der Waals surface area contributed by atoms with E-state index >= 15 is 0 Å². The molecule has 0 nitrogen and oxygen atoms in total. The maximum absolute atomic E-state index is 5.61. The first-order valence-electron chi connectivity index (χ1n) is 2.26. The summed E-state index contributed by atoms with van der Waals surface area (Å²) in [6.45, 7) is 0. The third-order valence-corrected chi connectivity index (χ3v) is 1.36. The highest BCUT2D eigenvalue weighted by Gasteiger charge is 1.98. The Hall–Kier alpha value is -0.140. The first-order chi connectivity index (χ1) is 3.79. The van der Waals surface area contributed by atoms with Crippen molar-refractivity contribution in [2.45, 2.75) is 6.42 Å². The second kappa shape index (κ2) is 2.42. The average molecular weight is 144 g/mol. The summed E-state index contributed by atoms with van der Waals surface area (Å²) in [6, 6.07) is 0. The molecule has 0 aromatic carbocycles. The predicted molar refractivity (Wildman–Crippen MR) is 39.0 cm³/mol. The van der Waals surface area contributed by atoms with Crippen molar-refractivity contribution in [3.63, 3.8) is 0 Å². The standard InChI is InChI=1S/C6H4ClS/c7-5-2-1-3-6(8)4-5/h1-2H,4H2. The van der Waals surface area contributed by atoms with Gasteiger partial charge in [-0.1, -0.05) is 29.9 Å². The van der Waals surface area contributed by atoms with Crippen molar-refractivity contribution in [2.24, 2.45) is 0 Å². The largest absolute Gasteiger partial charge is 0.0888 e. The molecule has 0 bridgehead atoms. The molecular weight excluding hydrogens is 140 g/mol. The van der Waals surface area contributed by atoms with E-state index in [1.807, 2.05) is 0 Å². The summed E-state index contributed by atoms with van der Waals surface area (Å²) in [4.78, 5) is 0.789. The zero-order chi connectivity index (χ0) is 5.98. The van der Waals surface area contributed by atoms with Crippen molar-refractivity contribution in [2.75, 3.05) is 0 Å². The van der Waals surface area contributed by atoms with Gasteiger partial charge in [-0.3, -0.25) is 0 Å². The average Bonchev–Trinajstić information content (AvgIpc) is 1.64. The first kappa shape index (κ1) is 5.99. The van der Waals surface area contributed by atoms with Crippen LogP contribution in [0.3, 0.4) is 0 Å². The molecule has 0 aliphatic heterocycles. The van der Waals surface area contributed by atoms with Gasteiger partial charge in [0, 0.05) is 16.3 Å². The minimum atomic E-state index is 0.688. The predicted octanol–water partition coefficient (Wildman–Crippen LogP) is 2.24. The Balaban J connectivity index is 2.73. The van der Waals surface area contributed by atoms with E-state index in [4.69, 9.17) is 23.8 Å². The summed E-state index contributed by atoms with van der Waals surface area (Å²) in [5.74, 6) is 0. The molecule has 1 rings (SSSR count). The van der Waals surface area contributed by atoms with Crippen LogP contribution < -0.4 is 0 Å². The van der Waals surface area contributed by atoms with E-state index in [9.17, 15) is 0 Å². The smallest absolute Gasteiger partial charge is 0.0283 e. The van der Waals surface area contributed by atoms with Gasteiger partial charge in [0.25, 0.3) is 0 Å². The second-order valence-electron chi connectivity index (χ2n) is 1.52. The minimum Gasteiger partial charge on any atom is -0.0888 e. The maximum atomic E-state index is 5.61. The summed E-state index contributed by atoms with van der Waals surface area (Å²) in [6.07, 6.45) is 7.09. The Morgan fingerprint density at radius 1 is 1.75 bits per heavy atom. The number of hydrogen-bond acceptors (Lipinski definition) is 1. The number of hydrogen-bond donors (Lipinski definition) is 0. The fraction of sp³-hybridized carbons (Fsp3) is 0.167. The van der Waals surface area contributed by atoms with Crippen LogP contribution in [0.2, 0.25) is 0 Å². The topological polar surface area (TPSA) is 0 Å². The fourth-order valence-electron chi connectivity index (χ4n) is 0.488. The van der Waals surface area contributed by atoms with Gasteiger partial charge in [0.1, 0.15) is 0 Å². The van der Waals surface area contributed by atoms with Crippen LogP contribution in [-0.4, -0.2) is 4.86 Å². The molecule has 0 saturated heterocycles. The number of halogens is 1. The SMILES string of the molecule is S=C1[C]=CC=C(Cl)C1. The molecule has 0 aromatic heterocycles. The monoisotopic (exact) mass is 143 g/mol. The molecule has 0 unspecified atom stereocenters. The summed E-state index contributed by atoms with van der Waals surface area (Å²) in [5.41, 5.74) is 0. The molecule has 0 atom stereocenters. The Kier molecular flexibility index (Phi) is 1.81. The van der Waals surface area contributed by atoms with Crippen molar-refractivity contribution in [1.82, 2.24) is 0 Å². The van der Waals surface area contributed by atoms with Crippen molar-refractivity contribution in [3.05, 3.63) is 23.3 Å². The van der Waals surface area contributed by atoms with Crippen LogP contribution in [0.4, 0.5) is 0 Å². The Morgan fingerprint density at radius 2 is 2.50 bits per heavy atom. The molecule has 1 aliphatic carbocycles. The van der Waals surface area contributed by atoms with Crippen LogP contribution >= 0.6 is 23.8 Å². The summed E-state index contributed by atoms with van der Waals surface area (Å²) in [7, 11) is 0. The molecule has 41 valence electrons. The molecule has 0 aromatic rings. The second-order valence-corrected chi connectivity index (χ2v) is 2.50. The van der Waals surface area contributed by atoms with Crippen molar-refractivity contribution in [3.8, 4) is 0 Å². The van der Waals surface area contributed by atoms with Gasteiger partial charge in [-0.15, -0.1) is 0 Å². The summed E-state index contributed by atoms with van der Waals surface area (Å²) < 4.78 is 0. The van der Waals surface area contributed by atoms with Gasteiger partial charge in [0.15, 0.2) is 0 Å². The molecule has 2 heteroatoms. The van der Waals surface area contributed by atoms with Crippen LogP contribution in [0.5, 0.6) is 0 Å². The molecule has 0 N–H and O–H groups in total. The van der Waals surface area contributed by atoms with Gasteiger partial charge in [-0.25, -0.2) is 0 Å². The lowest BCUT2D eigenvalue weighted by molar-refractivity contribution is 1.44. The molecule has 0 heterocycles. The van der Waals surface area contributed by atoms with Crippen molar-refractivity contribution < 1.29 is 0 Å². The highest BCUT2D eigenvalue weighted by Crippen LogP contribution is 2.12. The van der Waals surface area contributed by atoms with Gasteiger partial charge in [-0.2, -0.15) is 0 Å². The number of rotatable bonds is 0. The van der Waals surface area contributed by atoms with Crippen LogP contribution in [0, 0.1) is 6.08 Å². The maximum Gasteiger partial charge on any atom is 0.0283 e. The van der Waals surface area contributed by atoms with Gasteiger partial charge in [-0.05, 0) is 12.2 Å². The quantitative estimate of drug-likeness (QED) is 0.469. The zero-order valence-corrected chi connectivity index (χ0v) is 5.72. The first-order valence-corrected chi connectivity index (χ1v) is 3.05. The molecular formula is C6H4ClS. The van der Waals surface area contributed by atoms with Crippen molar-refractivity contribution >= 4 is 28.7 Å². The zero-order valence-electron chi connectivity index (χ0n) is 4.15. The third kappa shape index (κ3) is 1.42. The summed E-state index contributed by atoms with van der Waals surface area (Å²) >= 11 is 10.4. The number of allylic oxidation sites excluding steroid dienone is 4. The van der Waals surface area contributed by atoms with Gasteiger partial charge < -0.3 is 0 Å². The Morgan fingerprint density at radius 3 is 2.88 bits per heavy atom. The van der Waals surface area contributed by atoms with Gasteiger partial charge in [0.05, 0.1) is 0 Å². The highest BCUT2D eigenvalue weighted by molar-refractivity contribution is 7.80. The molecule has 1 aliphatic rings. The molecule has 8 heavy (non-hydrogen) atoms. The van der Waals surface area contributed by atoms with E-state index in [0.717, 1.165) is 9.90 Å². The summed E-state index contributed by atoms with van der Waals surface area (Å²) in [5, 5.41) is 0.800. The minimum absolute atomic E-state index is 0.688. The molecule has 0 spiro atoms. The fourth-order valence-corrected chi connectivity index (χ4v) is 0.988. The lowest BCUT2D eigenvalue weighted by Gasteiger charge is -1.98. The van der Waals surface area contributed by atoms with Crippen molar-refractivity contribution in [1.29, 1.82) is 0 Å². The molecule has 0 saturated carbocycles. The normalized spacial score (nSPS) is 18.6. The lowest BCUT2D eigenvalue weighted by Crippen LogP contribution is -1.92. The highest BCUT2D eigenvalue weighted by atomic mass is 35.5. The molecule has 1 radical (unpaired) electrons. The Labute approximate surface area is 58.8 Å². The van der Waals surface area contributed by atoms with E-state index in [0.29, 0.717) is 6.42 Å². The van der Waals surface area contributed by atoms with Crippen LogP contribution in [0.15, 0.2) is 17.2 Å². The van der Waals surface area contributed by atoms with Crippen LogP contribution in [0.1, 0.15) is 6.42 Å². The van der Waals surface area contributed by atoms with E-state index in [1.54, 1.807) is 12.2 Å². The van der Waals surface area contributed by atoms with E-state index in [1.165, 1.54) is 0 Å². The number of thiocarbonyl (C=S) groups is 1.